The molecule has 21 heavy (non-hydrogen) atoms. The van der Waals surface area contributed by atoms with Gasteiger partial charge in [0.05, 0.1) is 5.92 Å². The van der Waals surface area contributed by atoms with Gasteiger partial charge in [-0.3, -0.25) is 9.59 Å². The highest BCUT2D eigenvalue weighted by Crippen LogP contribution is 2.17. The minimum atomic E-state index is -0.690. The molecule has 0 aliphatic carbocycles. The Labute approximate surface area is 123 Å². The Morgan fingerprint density at radius 2 is 1.95 bits per heavy atom. The van der Waals surface area contributed by atoms with Crippen LogP contribution in [0.15, 0.2) is 29.4 Å². The zero-order valence-corrected chi connectivity index (χ0v) is 12.1. The van der Waals surface area contributed by atoms with Crippen molar-refractivity contribution in [1.82, 2.24) is 0 Å². The van der Waals surface area contributed by atoms with Crippen LogP contribution in [0.5, 0.6) is 0 Å². The smallest absolute Gasteiger partial charge is 0.235 e. The minimum Gasteiger partial charge on any atom is -0.409 e. The fourth-order valence-corrected chi connectivity index (χ4v) is 1.88. The predicted octanol–water partition coefficient (Wildman–Crippen LogP) is 1.75. The van der Waals surface area contributed by atoms with Crippen molar-refractivity contribution in [1.29, 1.82) is 0 Å². The maximum atomic E-state index is 12.2. The van der Waals surface area contributed by atoms with Crippen molar-refractivity contribution in [3.05, 3.63) is 24.3 Å². The van der Waals surface area contributed by atoms with Crippen molar-refractivity contribution >= 4 is 29.0 Å². The Kier molecular flexibility index (Phi) is 6.19. The lowest BCUT2D eigenvalue weighted by Crippen LogP contribution is -2.34. The molecule has 1 atom stereocenters. The van der Waals surface area contributed by atoms with Crippen LogP contribution >= 0.6 is 0 Å². The number of nitrogens with one attached hydrogen (secondary N) is 2. The molecule has 1 unspecified atom stereocenters. The van der Waals surface area contributed by atoms with Gasteiger partial charge in [-0.05, 0) is 24.6 Å². The van der Waals surface area contributed by atoms with Gasteiger partial charge in [0.2, 0.25) is 11.8 Å². The molecule has 1 aromatic carbocycles. The Bertz CT molecular complexity index is 543. The van der Waals surface area contributed by atoms with E-state index < -0.39 is 5.92 Å². The molecule has 114 valence electrons. The van der Waals surface area contributed by atoms with Crippen molar-refractivity contribution in [2.45, 2.75) is 26.7 Å². The molecule has 7 heteroatoms. The normalized spacial score (nSPS) is 12.6. The van der Waals surface area contributed by atoms with E-state index in [1.54, 1.807) is 24.3 Å². The highest BCUT2D eigenvalue weighted by atomic mass is 16.4. The lowest BCUT2D eigenvalue weighted by molar-refractivity contribution is -0.118. The SMILES string of the molecule is CCCC(C(=O)Nc1cccc(NC(C)=O)c1)C(N)=NO. The molecule has 0 aliphatic rings. The Morgan fingerprint density at radius 1 is 1.33 bits per heavy atom. The van der Waals surface area contributed by atoms with E-state index >= 15 is 0 Å². The number of benzene rings is 1. The van der Waals surface area contributed by atoms with Gasteiger partial charge in [-0.25, -0.2) is 0 Å². The van der Waals surface area contributed by atoms with Gasteiger partial charge in [0, 0.05) is 18.3 Å². The van der Waals surface area contributed by atoms with Gasteiger partial charge in [0.15, 0.2) is 5.84 Å². The molecule has 0 spiro atoms. The zero-order chi connectivity index (χ0) is 15.8. The first-order chi connectivity index (χ1) is 9.97. The number of carbonyl (C=O) groups excluding carboxylic acids is 2. The first kappa shape index (κ1) is 16.5. The van der Waals surface area contributed by atoms with Gasteiger partial charge in [0.25, 0.3) is 0 Å². The Balaban J connectivity index is 2.83. The average molecular weight is 292 g/mol. The summed E-state index contributed by atoms with van der Waals surface area (Å²) in [5, 5.41) is 17.0. The lowest BCUT2D eigenvalue weighted by Gasteiger charge is -2.15. The fraction of sp³-hybridized carbons (Fsp3) is 0.357. The molecule has 0 aliphatic heterocycles. The number of oxime groups is 1. The van der Waals surface area contributed by atoms with Crippen LogP contribution in [0.3, 0.4) is 0 Å². The quantitative estimate of drug-likeness (QED) is 0.276. The van der Waals surface area contributed by atoms with E-state index in [2.05, 4.69) is 15.8 Å². The predicted molar refractivity (Wildman–Crippen MR) is 81.2 cm³/mol. The second kappa shape index (κ2) is 7.88. The van der Waals surface area contributed by atoms with E-state index in [9.17, 15) is 9.59 Å². The summed E-state index contributed by atoms with van der Waals surface area (Å²) in [5.74, 6) is -1.36. The summed E-state index contributed by atoms with van der Waals surface area (Å²) in [5.41, 5.74) is 6.64. The summed E-state index contributed by atoms with van der Waals surface area (Å²) in [4.78, 5) is 23.2. The molecular weight excluding hydrogens is 272 g/mol. The van der Waals surface area contributed by atoms with Gasteiger partial charge in [-0.1, -0.05) is 24.6 Å². The van der Waals surface area contributed by atoms with E-state index in [-0.39, 0.29) is 17.6 Å². The van der Waals surface area contributed by atoms with Crippen LogP contribution < -0.4 is 16.4 Å². The number of carbonyl (C=O) groups is 2. The molecule has 0 bridgehead atoms. The van der Waals surface area contributed by atoms with Crippen molar-refractivity contribution in [3.8, 4) is 0 Å². The minimum absolute atomic E-state index is 0.118. The van der Waals surface area contributed by atoms with Gasteiger partial charge < -0.3 is 21.6 Å². The molecule has 0 saturated carbocycles. The molecule has 5 N–H and O–H groups in total. The molecule has 0 heterocycles. The molecule has 0 saturated heterocycles. The number of anilines is 2. The third kappa shape index (κ3) is 5.13. The number of nitrogens with zero attached hydrogens (tertiary/aromatic N) is 1. The maximum absolute atomic E-state index is 12.2. The molecule has 1 rings (SSSR count). The van der Waals surface area contributed by atoms with Crippen molar-refractivity contribution in [2.75, 3.05) is 10.6 Å². The number of nitrogens with two attached hydrogens (primary N) is 1. The molecule has 0 aromatic heterocycles. The van der Waals surface area contributed by atoms with E-state index in [0.29, 0.717) is 17.8 Å². The molecule has 0 radical (unpaired) electrons. The zero-order valence-electron chi connectivity index (χ0n) is 12.1. The van der Waals surface area contributed by atoms with E-state index in [1.165, 1.54) is 6.92 Å². The second-order valence-corrected chi connectivity index (χ2v) is 4.62. The maximum Gasteiger partial charge on any atom is 0.235 e. The summed E-state index contributed by atoms with van der Waals surface area (Å²) in [7, 11) is 0. The summed E-state index contributed by atoms with van der Waals surface area (Å²) >= 11 is 0. The van der Waals surface area contributed by atoms with E-state index in [1.807, 2.05) is 6.92 Å². The number of amidine groups is 1. The lowest BCUT2D eigenvalue weighted by atomic mass is 10.0. The van der Waals surface area contributed by atoms with Gasteiger partial charge in [0.1, 0.15) is 0 Å². The van der Waals surface area contributed by atoms with Crippen LogP contribution in [0.2, 0.25) is 0 Å². The highest BCUT2D eigenvalue weighted by molar-refractivity contribution is 6.07. The highest BCUT2D eigenvalue weighted by Gasteiger charge is 2.22. The molecule has 0 fully saturated rings. The van der Waals surface area contributed by atoms with Gasteiger partial charge in [-0.15, -0.1) is 0 Å². The summed E-state index contributed by atoms with van der Waals surface area (Å²) in [6.07, 6.45) is 1.20. The van der Waals surface area contributed by atoms with Crippen LogP contribution in [0.4, 0.5) is 11.4 Å². The summed E-state index contributed by atoms with van der Waals surface area (Å²) < 4.78 is 0. The molecule has 2 amide bonds. The number of hydrogen-bond acceptors (Lipinski definition) is 4. The largest absolute Gasteiger partial charge is 0.409 e. The Hall–Kier alpha value is -2.57. The van der Waals surface area contributed by atoms with Crippen LogP contribution in [-0.4, -0.2) is 22.9 Å². The molecule has 7 nitrogen and oxygen atoms in total. The summed E-state index contributed by atoms with van der Waals surface area (Å²) in [6, 6.07) is 6.75. The van der Waals surface area contributed by atoms with Crippen LogP contribution in [0.25, 0.3) is 0 Å². The fourth-order valence-electron chi connectivity index (χ4n) is 1.88. The van der Waals surface area contributed by atoms with Crippen LogP contribution in [0, 0.1) is 5.92 Å². The Morgan fingerprint density at radius 3 is 2.48 bits per heavy atom. The van der Waals surface area contributed by atoms with Gasteiger partial charge in [-0.2, -0.15) is 0 Å². The monoisotopic (exact) mass is 292 g/mol. The van der Waals surface area contributed by atoms with Crippen LogP contribution in [0.1, 0.15) is 26.7 Å². The molecule has 1 aromatic rings. The first-order valence-corrected chi connectivity index (χ1v) is 6.63. The molecular formula is C14H20N4O3. The van der Waals surface area contributed by atoms with Crippen molar-refractivity contribution in [2.24, 2.45) is 16.8 Å². The topological polar surface area (TPSA) is 117 Å². The number of rotatable bonds is 6. The average Bonchev–Trinajstić information content (AvgIpc) is 2.43. The van der Waals surface area contributed by atoms with Crippen LogP contribution in [-0.2, 0) is 9.59 Å². The van der Waals surface area contributed by atoms with Gasteiger partial charge >= 0.3 is 0 Å². The third-order valence-electron chi connectivity index (χ3n) is 2.82. The standard InChI is InChI=1S/C14H20N4O3/c1-3-5-12(13(15)18-21)14(20)17-11-7-4-6-10(8-11)16-9(2)19/h4,6-8,12,21H,3,5H2,1-2H3,(H2,15,18)(H,16,19)(H,17,20). The van der Waals surface area contributed by atoms with E-state index in [4.69, 9.17) is 10.9 Å². The number of hydrogen-bond donors (Lipinski definition) is 4. The van der Waals surface area contributed by atoms with Crippen molar-refractivity contribution in [3.63, 3.8) is 0 Å². The second-order valence-electron chi connectivity index (χ2n) is 4.62. The van der Waals surface area contributed by atoms with Crippen molar-refractivity contribution < 1.29 is 14.8 Å². The van der Waals surface area contributed by atoms with E-state index in [0.717, 1.165) is 6.42 Å². The summed E-state index contributed by atoms with van der Waals surface area (Å²) in [6.45, 7) is 3.31. The third-order valence-corrected chi connectivity index (χ3v) is 2.82. The number of amides is 2. The first-order valence-electron chi connectivity index (χ1n) is 6.63.